The monoisotopic (exact) mass is 280 g/mol. The number of aryl methyl sites for hydroxylation is 2. The van der Waals surface area contributed by atoms with E-state index in [2.05, 4.69) is 10.3 Å². The molecule has 0 spiro atoms. The Morgan fingerprint density at radius 1 is 1.44 bits per heavy atom. The van der Waals surface area contributed by atoms with E-state index in [1.54, 1.807) is 11.3 Å². The van der Waals surface area contributed by atoms with Gasteiger partial charge in [0.1, 0.15) is 5.01 Å². The third kappa shape index (κ3) is 2.64. The molecule has 0 fully saturated rings. The molecule has 0 saturated carbocycles. The summed E-state index contributed by atoms with van der Waals surface area (Å²) in [5, 5.41) is 18.3. The first-order chi connectivity index (χ1) is 8.83. The molecule has 3 rings (SSSR count). The summed E-state index contributed by atoms with van der Waals surface area (Å²) in [6, 6.07) is 1.97. The highest BCUT2D eigenvalue weighted by Crippen LogP contribution is 2.27. The second-order valence-electron chi connectivity index (χ2n) is 4.53. The Morgan fingerprint density at radius 3 is 3.17 bits per heavy atom. The van der Waals surface area contributed by atoms with Crippen LogP contribution < -0.4 is 5.32 Å². The lowest BCUT2D eigenvalue weighted by Crippen LogP contribution is -2.20. The molecule has 2 N–H and O–H groups in total. The van der Waals surface area contributed by atoms with Crippen molar-refractivity contribution in [1.82, 2.24) is 10.3 Å². The van der Waals surface area contributed by atoms with E-state index in [0.29, 0.717) is 6.54 Å². The first kappa shape index (κ1) is 12.3. The molecule has 5 heteroatoms. The van der Waals surface area contributed by atoms with E-state index in [4.69, 9.17) is 0 Å². The molecule has 3 nitrogen and oxygen atoms in total. The summed E-state index contributed by atoms with van der Waals surface area (Å²) in [5.41, 5.74) is 2.30. The van der Waals surface area contributed by atoms with Crippen LogP contribution in [0.4, 0.5) is 0 Å². The van der Waals surface area contributed by atoms with Gasteiger partial charge in [-0.15, -0.1) is 11.3 Å². The molecular formula is C13H16N2OS2. The highest BCUT2D eigenvalue weighted by molar-refractivity contribution is 7.11. The third-order valence-electron chi connectivity index (χ3n) is 3.18. The molecule has 2 heterocycles. The molecular weight excluding hydrogens is 264 g/mol. The molecule has 2 aromatic rings. The number of thiophene rings is 1. The van der Waals surface area contributed by atoms with Crippen molar-refractivity contribution in [3.63, 3.8) is 0 Å². The number of aliphatic hydroxyl groups is 1. The maximum Gasteiger partial charge on any atom is 0.107 e. The largest absolute Gasteiger partial charge is 0.387 e. The lowest BCUT2D eigenvalue weighted by molar-refractivity contribution is 0.175. The second-order valence-corrected chi connectivity index (χ2v) is 6.48. The van der Waals surface area contributed by atoms with Crippen LogP contribution in [-0.4, -0.2) is 16.6 Å². The summed E-state index contributed by atoms with van der Waals surface area (Å²) >= 11 is 3.43. The fraction of sp³-hybridized carbons (Fsp3) is 0.462. The van der Waals surface area contributed by atoms with E-state index >= 15 is 0 Å². The number of hydrogen-bond acceptors (Lipinski definition) is 5. The van der Waals surface area contributed by atoms with Crippen molar-refractivity contribution in [2.75, 3.05) is 6.54 Å². The van der Waals surface area contributed by atoms with E-state index < -0.39 is 6.10 Å². The summed E-state index contributed by atoms with van der Waals surface area (Å²) in [5.74, 6) is 0. The highest BCUT2D eigenvalue weighted by Gasteiger charge is 2.16. The molecule has 0 saturated heterocycles. The number of hydrogen-bond donors (Lipinski definition) is 2. The van der Waals surface area contributed by atoms with Gasteiger partial charge in [0.05, 0.1) is 11.8 Å². The van der Waals surface area contributed by atoms with Gasteiger partial charge in [0.2, 0.25) is 0 Å². The molecule has 0 bridgehead atoms. The SMILES string of the molecule is OC(CNCc1nc2c(s1)CCC2)c1ccsc1. The van der Waals surface area contributed by atoms with Crippen molar-refractivity contribution in [2.45, 2.75) is 31.9 Å². The fourth-order valence-electron chi connectivity index (χ4n) is 2.22. The molecule has 1 aliphatic carbocycles. The van der Waals surface area contributed by atoms with Crippen LogP contribution in [0.25, 0.3) is 0 Å². The number of aromatic nitrogens is 1. The lowest BCUT2D eigenvalue weighted by atomic mass is 10.2. The van der Waals surface area contributed by atoms with Crippen molar-refractivity contribution in [3.05, 3.63) is 38.0 Å². The van der Waals surface area contributed by atoms with Crippen molar-refractivity contribution in [2.24, 2.45) is 0 Å². The standard InChI is InChI=1S/C13H16N2OS2/c16-11(9-4-5-17-8-9)6-14-7-13-15-10-2-1-3-12(10)18-13/h4-5,8,11,14,16H,1-3,6-7H2. The van der Waals surface area contributed by atoms with Gasteiger partial charge in [-0.1, -0.05) is 0 Å². The summed E-state index contributed by atoms with van der Waals surface area (Å²) in [6.07, 6.45) is 3.19. The first-order valence-electron chi connectivity index (χ1n) is 6.21. The van der Waals surface area contributed by atoms with Crippen LogP contribution in [0.15, 0.2) is 16.8 Å². The van der Waals surface area contributed by atoms with Gasteiger partial charge in [-0.3, -0.25) is 0 Å². The topological polar surface area (TPSA) is 45.1 Å². The second kappa shape index (κ2) is 5.48. The van der Waals surface area contributed by atoms with Crippen LogP contribution in [0.5, 0.6) is 0 Å². The molecule has 1 atom stereocenters. The van der Waals surface area contributed by atoms with Crippen molar-refractivity contribution in [1.29, 1.82) is 0 Å². The Kier molecular flexibility index (Phi) is 3.75. The number of aliphatic hydroxyl groups excluding tert-OH is 1. The minimum atomic E-state index is -0.414. The molecule has 1 aliphatic rings. The van der Waals surface area contributed by atoms with E-state index in [1.807, 2.05) is 28.2 Å². The van der Waals surface area contributed by atoms with Crippen LogP contribution in [0.3, 0.4) is 0 Å². The smallest absolute Gasteiger partial charge is 0.107 e. The maximum atomic E-state index is 9.93. The highest BCUT2D eigenvalue weighted by atomic mass is 32.1. The Balaban J connectivity index is 1.49. The third-order valence-corrected chi connectivity index (χ3v) is 5.04. The van der Waals surface area contributed by atoms with Crippen molar-refractivity contribution >= 4 is 22.7 Å². The molecule has 0 aromatic carbocycles. The normalized spacial score (nSPS) is 15.8. The molecule has 0 radical (unpaired) electrons. The van der Waals surface area contributed by atoms with Gasteiger partial charge < -0.3 is 10.4 Å². The Morgan fingerprint density at radius 2 is 2.39 bits per heavy atom. The molecule has 18 heavy (non-hydrogen) atoms. The van der Waals surface area contributed by atoms with E-state index in [1.165, 1.54) is 23.4 Å². The molecule has 2 aromatic heterocycles. The van der Waals surface area contributed by atoms with E-state index in [0.717, 1.165) is 23.5 Å². The summed E-state index contributed by atoms with van der Waals surface area (Å²) < 4.78 is 0. The van der Waals surface area contributed by atoms with Crippen molar-refractivity contribution in [3.8, 4) is 0 Å². The van der Waals surface area contributed by atoms with Gasteiger partial charge in [-0.05, 0) is 41.7 Å². The average molecular weight is 280 g/mol. The van der Waals surface area contributed by atoms with Gasteiger partial charge >= 0.3 is 0 Å². The van der Waals surface area contributed by atoms with Crippen LogP contribution >= 0.6 is 22.7 Å². The predicted molar refractivity (Wildman–Crippen MR) is 75.1 cm³/mol. The maximum absolute atomic E-state index is 9.93. The Hall–Kier alpha value is -0.750. The minimum Gasteiger partial charge on any atom is -0.387 e. The van der Waals surface area contributed by atoms with E-state index in [9.17, 15) is 5.11 Å². The predicted octanol–water partition coefficient (Wildman–Crippen LogP) is 2.52. The minimum absolute atomic E-state index is 0.414. The molecule has 0 aliphatic heterocycles. The number of nitrogens with one attached hydrogen (secondary N) is 1. The zero-order valence-corrected chi connectivity index (χ0v) is 11.7. The van der Waals surface area contributed by atoms with Gasteiger partial charge in [0, 0.05) is 18.0 Å². The Labute approximate surface area is 115 Å². The zero-order chi connectivity index (χ0) is 12.4. The van der Waals surface area contributed by atoms with Crippen LogP contribution in [0.1, 0.15) is 33.7 Å². The van der Waals surface area contributed by atoms with Crippen LogP contribution in [0.2, 0.25) is 0 Å². The quantitative estimate of drug-likeness (QED) is 0.884. The molecule has 0 amide bonds. The summed E-state index contributed by atoms with van der Waals surface area (Å²) in [7, 11) is 0. The van der Waals surface area contributed by atoms with Crippen LogP contribution in [0, 0.1) is 0 Å². The van der Waals surface area contributed by atoms with Crippen LogP contribution in [-0.2, 0) is 19.4 Å². The lowest BCUT2D eigenvalue weighted by Gasteiger charge is -2.09. The van der Waals surface area contributed by atoms with Gasteiger partial charge in [-0.2, -0.15) is 11.3 Å². The van der Waals surface area contributed by atoms with Gasteiger partial charge in [0.25, 0.3) is 0 Å². The van der Waals surface area contributed by atoms with Gasteiger partial charge in [0.15, 0.2) is 0 Å². The Bertz CT molecular complexity index is 486. The number of nitrogens with zero attached hydrogens (tertiary/aromatic N) is 1. The number of rotatable bonds is 5. The fourth-order valence-corrected chi connectivity index (χ4v) is 4.05. The number of thiazole rings is 1. The van der Waals surface area contributed by atoms with E-state index in [-0.39, 0.29) is 0 Å². The summed E-state index contributed by atoms with van der Waals surface area (Å²) in [4.78, 5) is 6.09. The van der Waals surface area contributed by atoms with Gasteiger partial charge in [-0.25, -0.2) is 4.98 Å². The summed E-state index contributed by atoms with van der Waals surface area (Å²) in [6.45, 7) is 1.35. The number of fused-ring (bicyclic) bond motifs is 1. The average Bonchev–Trinajstić information content (AvgIpc) is 3.05. The molecule has 1 unspecified atom stereocenters. The first-order valence-corrected chi connectivity index (χ1v) is 7.97. The zero-order valence-electron chi connectivity index (χ0n) is 10.1. The van der Waals surface area contributed by atoms with Crippen molar-refractivity contribution < 1.29 is 5.11 Å². The molecule has 96 valence electrons.